The lowest BCUT2D eigenvalue weighted by Gasteiger charge is -2.05. The molecular formula is C9H12N2O4. The number of nitrogens with zero attached hydrogens (tertiary/aromatic N) is 2. The molecule has 0 aliphatic heterocycles. The molecule has 15 heavy (non-hydrogen) atoms. The molecule has 0 atom stereocenters. The van der Waals surface area contributed by atoms with Crippen LogP contribution in [0.15, 0.2) is 6.33 Å². The highest BCUT2D eigenvalue weighted by atomic mass is 16.5. The molecule has 6 nitrogen and oxygen atoms in total. The molecule has 0 N–H and O–H groups in total. The molecule has 0 saturated heterocycles. The summed E-state index contributed by atoms with van der Waals surface area (Å²) in [6.45, 7) is 1.61. The fraction of sp³-hybridized carbons (Fsp3) is 0.444. The van der Waals surface area contributed by atoms with Crippen LogP contribution < -0.4 is 0 Å². The van der Waals surface area contributed by atoms with Gasteiger partial charge < -0.3 is 14.0 Å². The third-order valence-corrected chi connectivity index (χ3v) is 1.93. The first kappa shape index (κ1) is 11.2. The van der Waals surface area contributed by atoms with E-state index in [0.717, 1.165) is 0 Å². The molecule has 0 saturated carbocycles. The third kappa shape index (κ3) is 2.34. The number of carbonyl (C=O) groups is 2. The number of aryl methyl sites for hydroxylation is 1. The monoisotopic (exact) mass is 212 g/mol. The van der Waals surface area contributed by atoms with Crippen LogP contribution >= 0.6 is 0 Å². The molecule has 1 heterocycles. The number of imidazole rings is 1. The summed E-state index contributed by atoms with van der Waals surface area (Å²) in [5, 5.41) is 0. The second-order valence-corrected chi connectivity index (χ2v) is 2.87. The van der Waals surface area contributed by atoms with Gasteiger partial charge in [0.25, 0.3) is 0 Å². The summed E-state index contributed by atoms with van der Waals surface area (Å²) in [6, 6.07) is 0. The first-order chi connectivity index (χ1) is 7.10. The number of rotatable bonds is 3. The molecule has 1 rings (SSSR count). The lowest BCUT2D eigenvalue weighted by atomic mass is 10.3. The van der Waals surface area contributed by atoms with Crippen molar-refractivity contribution in [2.45, 2.75) is 13.5 Å². The van der Waals surface area contributed by atoms with E-state index in [1.807, 2.05) is 0 Å². The first-order valence-electron chi connectivity index (χ1n) is 4.27. The Hall–Kier alpha value is -1.85. The normalized spacial score (nSPS) is 9.80. The summed E-state index contributed by atoms with van der Waals surface area (Å²) in [6.07, 6.45) is 1.40. The van der Waals surface area contributed by atoms with Crippen LogP contribution in [0.25, 0.3) is 0 Å². The van der Waals surface area contributed by atoms with Crippen molar-refractivity contribution < 1.29 is 19.1 Å². The van der Waals surface area contributed by atoms with Gasteiger partial charge in [0.1, 0.15) is 6.54 Å². The largest absolute Gasteiger partial charge is 0.468 e. The Balaban J connectivity index is 2.98. The summed E-state index contributed by atoms with van der Waals surface area (Å²) >= 11 is 0. The van der Waals surface area contributed by atoms with Crippen LogP contribution in [0, 0.1) is 6.92 Å². The molecule has 0 fully saturated rings. The number of aromatic nitrogens is 2. The molecule has 1 aromatic rings. The Morgan fingerprint density at radius 1 is 1.40 bits per heavy atom. The minimum atomic E-state index is -0.520. The highest BCUT2D eigenvalue weighted by Crippen LogP contribution is 2.08. The van der Waals surface area contributed by atoms with Crippen LogP contribution in [0.1, 0.15) is 16.2 Å². The molecule has 0 spiro atoms. The maximum absolute atomic E-state index is 11.4. The Bertz CT molecular complexity index is 383. The van der Waals surface area contributed by atoms with Crippen molar-refractivity contribution in [3.8, 4) is 0 Å². The maximum atomic E-state index is 11.4. The first-order valence-corrected chi connectivity index (χ1v) is 4.27. The second-order valence-electron chi connectivity index (χ2n) is 2.87. The van der Waals surface area contributed by atoms with Gasteiger partial charge in [0.05, 0.1) is 26.2 Å². The van der Waals surface area contributed by atoms with Crippen molar-refractivity contribution >= 4 is 11.9 Å². The van der Waals surface area contributed by atoms with Crippen LogP contribution in [-0.2, 0) is 20.8 Å². The molecule has 0 bridgehead atoms. The quantitative estimate of drug-likeness (QED) is 0.667. The summed E-state index contributed by atoms with van der Waals surface area (Å²) in [5.74, 6) is -0.966. The van der Waals surface area contributed by atoms with Gasteiger partial charge in [-0.3, -0.25) is 4.79 Å². The van der Waals surface area contributed by atoms with Gasteiger partial charge in [-0.1, -0.05) is 0 Å². The van der Waals surface area contributed by atoms with Gasteiger partial charge in [-0.05, 0) is 6.92 Å². The van der Waals surface area contributed by atoms with Gasteiger partial charge >= 0.3 is 11.9 Å². The van der Waals surface area contributed by atoms with Crippen LogP contribution in [0.3, 0.4) is 0 Å². The number of ether oxygens (including phenoxy) is 2. The molecule has 0 unspecified atom stereocenters. The predicted octanol–water partition coefficient (Wildman–Crippen LogP) is 0.151. The lowest BCUT2D eigenvalue weighted by molar-refractivity contribution is -0.141. The van der Waals surface area contributed by atoms with Crippen LogP contribution in [-0.4, -0.2) is 35.7 Å². The lowest BCUT2D eigenvalue weighted by Crippen LogP contribution is -2.17. The topological polar surface area (TPSA) is 70.4 Å². The number of methoxy groups -OCH3 is 2. The standard InChI is InChI=1S/C9H12N2O4/c1-6-8(9(13)15-3)11(5-10-6)4-7(12)14-2/h5H,4H2,1-3H3. The zero-order chi connectivity index (χ0) is 11.4. The van der Waals surface area contributed by atoms with E-state index in [0.29, 0.717) is 5.69 Å². The van der Waals surface area contributed by atoms with Gasteiger partial charge in [-0.25, -0.2) is 9.78 Å². The van der Waals surface area contributed by atoms with Crippen molar-refractivity contribution in [1.29, 1.82) is 0 Å². The Morgan fingerprint density at radius 3 is 2.60 bits per heavy atom. The zero-order valence-corrected chi connectivity index (χ0v) is 8.81. The Kier molecular flexibility index (Phi) is 3.43. The summed E-state index contributed by atoms with van der Waals surface area (Å²) in [4.78, 5) is 26.3. The number of carbonyl (C=O) groups excluding carboxylic acids is 2. The summed E-state index contributed by atoms with van der Waals surface area (Å²) < 4.78 is 10.5. The van der Waals surface area contributed by atoms with Crippen molar-refractivity contribution in [1.82, 2.24) is 9.55 Å². The van der Waals surface area contributed by atoms with Crippen molar-refractivity contribution in [2.24, 2.45) is 0 Å². The average molecular weight is 212 g/mol. The highest BCUT2D eigenvalue weighted by molar-refractivity contribution is 5.89. The highest BCUT2D eigenvalue weighted by Gasteiger charge is 2.18. The van der Waals surface area contributed by atoms with E-state index in [9.17, 15) is 9.59 Å². The molecule has 0 aliphatic carbocycles. The fourth-order valence-electron chi connectivity index (χ4n) is 1.17. The maximum Gasteiger partial charge on any atom is 0.356 e. The van der Waals surface area contributed by atoms with E-state index in [2.05, 4.69) is 14.5 Å². The molecule has 1 aromatic heterocycles. The molecule has 0 radical (unpaired) electrons. The predicted molar refractivity (Wildman–Crippen MR) is 50.3 cm³/mol. The van der Waals surface area contributed by atoms with Crippen LogP contribution in [0.5, 0.6) is 0 Å². The SMILES string of the molecule is COC(=O)Cn1cnc(C)c1C(=O)OC. The molecule has 82 valence electrons. The molecule has 0 amide bonds. The van der Waals surface area contributed by atoms with Gasteiger partial charge in [0.15, 0.2) is 5.69 Å². The van der Waals surface area contributed by atoms with E-state index in [4.69, 9.17) is 0 Å². The van der Waals surface area contributed by atoms with Crippen LogP contribution in [0.2, 0.25) is 0 Å². The van der Waals surface area contributed by atoms with Gasteiger partial charge in [0.2, 0.25) is 0 Å². The second kappa shape index (κ2) is 4.59. The van der Waals surface area contributed by atoms with Gasteiger partial charge in [0, 0.05) is 0 Å². The summed E-state index contributed by atoms with van der Waals surface area (Å²) in [7, 11) is 2.56. The minimum Gasteiger partial charge on any atom is -0.468 e. The van der Waals surface area contributed by atoms with Crippen LogP contribution in [0.4, 0.5) is 0 Å². The van der Waals surface area contributed by atoms with Gasteiger partial charge in [-0.2, -0.15) is 0 Å². The van der Waals surface area contributed by atoms with Gasteiger partial charge in [-0.15, -0.1) is 0 Å². The Labute approximate surface area is 86.8 Å². The van der Waals surface area contributed by atoms with E-state index in [1.54, 1.807) is 6.92 Å². The van der Waals surface area contributed by atoms with E-state index < -0.39 is 11.9 Å². The van der Waals surface area contributed by atoms with Crippen molar-refractivity contribution in [3.05, 3.63) is 17.7 Å². The molecule has 0 aliphatic rings. The number of hydrogen-bond donors (Lipinski definition) is 0. The van der Waals surface area contributed by atoms with Crippen molar-refractivity contribution in [3.63, 3.8) is 0 Å². The molecule has 6 heteroatoms. The number of hydrogen-bond acceptors (Lipinski definition) is 5. The average Bonchev–Trinajstić information content (AvgIpc) is 2.58. The van der Waals surface area contributed by atoms with E-state index in [1.165, 1.54) is 25.1 Å². The zero-order valence-electron chi connectivity index (χ0n) is 8.81. The minimum absolute atomic E-state index is 0.0538. The summed E-state index contributed by atoms with van der Waals surface area (Å²) in [5.41, 5.74) is 0.786. The van der Waals surface area contributed by atoms with Crippen molar-refractivity contribution in [2.75, 3.05) is 14.2 Å². The van der Waals surface area contributed by atoms with E-state index in [-0.39, 0.29) is 12.2 Å². The van der Waals surface area contributed by atoms with E-state index >= 15 is 0 Å². The number of esters is 2. The molecule has 0 aromatic carbocycles. The molecular weight excluding hydrogens is 200 g/mol. The Morgan fingerprint density at radius 2 is 2.07 bits per heavy atom. The fourth-order valence-corrected chi connectivity index (χ4v) is 1.17. The smallest absolute Gasteiger partial charge is 0.356 e. The third-order valence-electron chi connectivity index (χ3n) is 1.93.